The van der Waals surface area contributed by atoms with Crippen LogP contribution in [0.5, 0.6) is 0 Å². The van der Waals surface area contributed by atoms with Gasteiger partial charge in [-0.25, -0.2) is 4.57 Å². The molecule has 382 valence electrons. The first-order valence-corrected chi connectivity index (χ1v) is 27.0. The Hall–Kier alpha value is -2.67. The van der Waals surface area contributed by atoms with E-state index in [4.69, 9.17) is 19.1 Å². The molecule has 0 bridgehead atoms. The van der Waals surface area contributed by atoms with Crippen molar-refractivity contribution >= 4 is 19.8 Å². The average molecular weight is 953 g/mol. The summed E-state index contributed by atoms with van der Waals surface area (Å²) >= 11 is 0. The largest absolute Gasteiger partial charge is 0.472 e. The lowest BCUT2D eigenvalue weighted by Gasteiger charge is -2.20. The summed E-state index contributed by atoms with van der Waals surface area (Å²) < 4.78 is 32.7. The van der Waals surface area contributed by atoms with Crippen LogP contribution in [0.4, 0.5) is 0 Å². The highest BCUT2D eigenvalue weighted by atomic mass is 31.2. The molecule has 6 atom stereocenters. The number of carbonyl (C=O) groups is 2. The van der Waals surface area contributed by atoms with E-state index in [2.05, 4.69) is 18.4 Å². The summed E-state index contributed by atoms with van der Waals surface area (Å²) in [4.78, 5) is 35.2. The summed E-state index contributed by atoms with van der Waals surface area (Å²) in [7, 11) is -4.68. The molecule has 0 radical (unpaired) electrons. The maximum Gasteiger partial charge on any atom is 0.472 e. The van der Waals surface area contributed by atoms with Crippen molar-refractivity contribution < 1.29 is 58.0 Å². The highest BCUT2D eigenvalue weighted by Crippen LogP contribution is 2.43. The van der Waals surface area contributed by atoms with Gasteiger partial charge in [0.2, 0.25) is 0 Å². The van der Waals surface area contributed by atoms with Crippen molar-refractivity contribution in [2.75, 3.05) is 26.4 Å². The van der Waals surface area contributed by atoms with Gasteiger partial charge in [0.25, 0.3) is 0 Å². The van der Waals surface area contributed by atoms with Gasteiger partial charge < -0.3 is 34.8 Å². The maximum absolute atomic E-state index is 12.7. The summed E-state index contributed by atoms with van der Waals surface area (Å²) in [5.41, 5.74) is 0. The van der Waals surface area contributed by atoms with Crippen molar-refractivity contribution in [2.24, 2.45) is 5.92 Å². The molecule has 0 aliphatic heterocycles. The zero-order chi connectivity index (χ0) is 48.8. The number of aliphatic hydroxyl groups is 4. The lowest BCUT2D eigenvalue weighted by Crippen LogP contribution is -2.29. The highest BCUT2D eigenvalue weighted by Gasteiger charge is 2.27. The molecular weight excluding hydrogens is 860 g/mol. The monoisotopic (exact) mass is 953 g/mol. The van der Waals surface area contributed by atoms with Crippen LogP contribution in [0, 0.1) is 5.92 Å². The van der Waals surface area contributed by atoms with Crippen LogP contribution in [-0.4, -0.2) is 88.1 Å². The van der Waals surface area contributed by atoms with Gasteiger partial charge in [-0.2, -0.15) is 0 Å². The summed E-state index contributed by atoms with van der Waals surface area (Å²) in [6, 6.07) is 0. The Bertz CT molecular complexity index is 1380. The number of rotatable bonds is 46. The minimum Gasteiger partial charge on any atom is -0.462 e. The van der Waals surface area contributed by atoms with Crippen LogP contribution >= 0.6 is 7.82 Å². The molecule has 0 saturated heterocycles. The summed E-state index contributed by atoms with van der Waals surface area (Å²) in [6.45, 7) is 4.37. The number of carbonyl (C=O) groups excluding carboxylic acids is 2. The van der Waals surface area contributed by atoms with Gasteiger partial charge in [-0.05, 0) is 44.4 Å². The first kappa shape index (κ1) is 63.3. The zero-order valence-corrected chi connectivity index (χ0v) is 42.2. The summed E-state index contributed by atoms with van der Waals surface area (Å²) in [5.74, 6) is -0.221. The zero-order valence-electron chi connectivity index (χ0n) is 41.3. The normalized spacial score (nSPS) is 15.7. The summed E-state index contributed by atoms with van der Waals surface area (Å²) in [5, 5.41) is 38.4. The van der Waals surface area contributed by atoms with E-state index in [0.717, 1.165) is 31.6 Å². The first-order chi connectivity index (χ1) is 31.9. The smallest absolute Gasteiger partial charge is 0.462 e. The molecule has 0 aromatic carbocycles. The Balaban J connectivity index is 4.39. The molecule has 0 fully saturated rings. The van der Waals surface area contributed by atoms with Gasteiger partial charge in [-0.1, -0.05) is 216 Å². The summed E-state index contributed by atoms with van der Waals surface area (Å²) in [6.07, 6.45) is 46.5. The Kier molecular flexibility index (Phi) is 44.2. The molecule has 0 spiro atoms. The molecule has 12 nitrogen and oxygen atoms in total. The van der Waals surface area contributed by atoms with E-state index in [0.29, 0.717) is 32.1 Å². The van der Waals surface area contributed by atoms with Crippen molar-refractivity contribution in [3.63, 3.8) is 0 Å². The predicted molar refractivity (Wildman–Crippen MR) is 268 cm³/mol. The molecular formula is C53H93O12P. The number of ether oxygens (including phenoxy) is 2. The predicted octanol–water partition coefficient (Wildman–Crippen LogP) is 12.2. The fourth-order valence-corrected chi connectivity index (χ4v) is 7.56. The fraction of sp³-hybridized carbons (Fsp3) is 0.736. The molecule has 0 saturated carbocycles. The van der Waals surface area contributed by atoms with Crippen LogP contribution < -0.4 is 0 Å². The highest BCUT2D eigenvalue weighted by molar-refractivity contribution is 7.47. The van der Waals surface area contributed by atoms with Crippen LogP contribution in [0.1, 0.15) is 194 Å². The average Bonchev–Trinajstić information content (AvgIpc) is 3.30. The molecule has 0 aliphatic rings. The second-order valence-corrected chi connectivity index (χ2v) is 18.9. The van der Waals surface area contributed by atoms with E-state index in [9.17, 15) is 34.4 Å². The van der Waals surface area contributed by atoms with E-state index >= 15 is 0 Å². The number of allylic oxidation sites excluding steroid dienone is 8. The molecule has 0 aliphatic carbocycles. The van der Waals surface area contributed by atoms with Gasteiger partial charge in [0.1, 0.15) is 12.7 Å². The Morgan fingerprint density at radius 3 is 1.68 bits per heavy atom. The standard InChI is InChI=1S/C53H93O12P/c1-4-6-29-37-48(55)38-31-25-21-19-22-26-32-39-49(56)40-33-28-35-42-53(59)65-51(46-64-66(60,61)63-44-50(57)43-54)45-62-52(58)41-34-27-23-18-16-14-12-10-8-7-9-11-13-15-17-20-24-30-36-47(3)5-2/h6,21-22,25-26,29,31-33,38-40,47-51,54-57H,4-5,7-20,23-24,27-28,30,34-37,41-46H2,1-3H3,(H,60,61)/b25-21-,26-22-,29-6-,38-31+,39-32+,40-33-/t47?,48-,49-,50-,51+/m0/s1. The minimum atomic E-state index is -4.68. The number of hydrogen-bond acceptors (Lipinski definition) is 11. The molecule has 0 heterocycles. The molecule has 0 aromatic rings. The lowest BCUT2D eigenvalue weighted by atomic mass is 9.99. The van der Waals surface area contributed by atoms with E-state index in [1.54, 1.807) is 30.4 Å². The van der Waals surface area contributed by atoms with Crippen molar-refractivity contribution in [3.8, 4) is 0 Å². The van der Waals surface area contributed by atoms with Crippen LogP contribution in [0.25, 0.3) is 0 Å². The molecule has 5 N–H and O–H groups in total. The molecule has 2 unspecified atom stereocenters. The first-order valence-electron chi connectivity index (χ1n) is 25.5. The topological polar surface area (TPSA) is 189 Å². The van der Waals surface area contributed by atoms with Crippen LogP contribution in [0.3, 0.4) is 0 Å². The van der Waals surface area contributed by atoms with Gasteiger partial charge >= 0.3 is 19.8 Å². The maximum atomic E-state index is 12.7. The van der Waals surface area contributed by atoms with Gasteiger partial charge in [0, 0.05) is 12.8 Å². The molecule has 0 rings (SSSR count). The van der Waals surface area contributed by atoms with E-state index < -0.39 is 64.0 Å². The van der Waals surface area contributed by atoms with Gasteiger partial charge in [0.15, 0.2) is 6.10 Å². The Morgan fingerprint density at radius 2 is 1.12 bits per heavy atom. The van der Waals surface area contributed by atoms with Crippen LogP contribution in [-0.2, 0) is 32.7 Å². The van der Waals surface area contributed by atoms with Crippen molar-refractivity contribution in [3.05, 3.63) is 72.9 Å². The van der Waals surface area contributed by atoms with E-state index in [-0.39, 0.29) is 19.4 Å². The van der Waals surface area contributed by atoms with E-state index in [1.807, 2.05) is 49.5 Å². The third kappa shape index (κ3) is 45.1. The van der Waals surface area contributed by atoms with Gasteiger partial charge in [0.05, 0.1) is 32.0 Å². The van der Waals surface area contributed by atoms with Gasteiger partial charge in [-0.15, -0.1) is 0 Å². The second-order valence-electron chi connectivity index (χ2n) is 17.5. The Morgan fingerprint density at radius 1 is 0.591 bits per heavy atom. The molecule has 0 aromatic heterocycles. The van der Waals surface area contributed by atoms with Crippen LogP contribution in [0.15, 0.2) is 72.9 Å². The second kappa shape index (κ2) is 46.1. The lowest BCUT2D eigenvalue weighted by molar-refractivity contribution is -0.161. The molecule has 13 heteroatoms. The Labute approximate surface area is 400 Å². The van der Waals surface area contributed by atoms with Gasteiger partial charge in [-0.3, -0.25) is 18.6 Å². The fourth-order valence-electron chi connectivity index (χ4n) is 6.77. The van der Waals surface area contributed by atoms with Crippen LogP contribution in [0.2, 0.25) is 0 Å². The number of esters is 2. The molecule has 0 amide bonds. The number of phosphoric ester groups is 1. The molecule has 66 heavy (non-hydrogen) atoms. The quantitative estimate of drug-likeness (QED) is 0.0128. The third-order valence-corrected chi connectivity index (χ3v) is 12.0. The van der Waals surface area contributed by atoms with Crippen molar-refractivity contribution in [1.82, 2.24) is 0 Å². The number of phosphoric acid groups is 1. The SMILES string of the molecule is CC/C=C\C[C@H](O)/C=C/C=C\C/C=C\C=C\[C@H](O)/C=C\CCCC(=O)O[C@H](COC(=O)CCCCCCCCCCCCCCCCCCCCC(C)CC)COP(=O)(O)OC[C@@H](O)CO. The van der Waals surface area contributed by atoms with E-state index in [1.165, 1.54) is 103 Å². The van der Waals surface area contributed by atoms with Crippen molar-refractivity contribution in [1.29, 1.82) is 0 Å². The number of hydrogen-bond donors (Lipinski definition) is 5. The number of aliphatic hydroxyl groups excluding tert-OH is 4. The van der Waals surface area contributed by atoms with Crippen molar-refractivity contribution in [2.45, 2.75) is 219 Å². The third-order valence-electron chi connectivity index (χ3n) is 11.1. The minimum absolute atomic E-state index is 0.00390. The number of unbranched alkanes of at least 4 members (excludes halogenated alkanes) is 18.